The number of carbonyl (C=O) groups is 1. The fourth-order valence-electron chi connectivity index (χ4n) is 2.94. The molecule has 0 aliphatic heterocycles. The van der Waals surface area contributed by atoms with Gasteiger partial charge in [-0.1, -0.05) is 29.8 Å². The summed E-state index contributed by atoms with van der Waals surface area (Å²) in [5.74, 6) is -0.279. The highest BCUT2D eigenvalue weighted by Gasteiger charge is 2.10. The van der Waals surface area contributed by atoms with Crippen LogP contribution in [0.5, 0.6) is 0 Å². The zero-order valence-corrected chi connectivity index (χ0v) is 16.9. The van der Waals surface area contributed by atoms with E-state index in [0.29, 0.717) is 17.3 Å². The second-order valence-corrected chi connectivity index (χ2v) is 7.31. The Labute approximate surface area is 169 Å². The lowest BCUT2D eigenvalue weighted by atomic mass is 9.99. The van der Waals surface area contributed by atoms with Crippen LogP contribution in [0.4, 0.5) is 0 Å². The van der Waals surface area contributed by atoms with Gasteiger partial charge in [-0.2, -0.15) is 5.10 Å². The molecule has 0 radical (unpaired) electrons. The summed E-state index contributed by atoms with van der Waals surface area (Å²) < 4.78 is 1.20. The highest BCUT2D eigenvalue weighted by Crippen LogP contribution is 2.24. The lowest BCUT2D eigenvalue weighted by Gasteiger charge is -2.11. The number of nitrogens with zero attached hydrogens (tertiary/aromatic N) is 2. The number of halogens is 1. The van der Waals surface area contributed by atoms with Crippen LogP contribution in [0.3, 0.4) is 0 Å². The molecule has 1 amide bonds. The van der Waals surface area contributed by atoms with Crippen molar-refractivity contribution in [1.29, 1.82) is 0 Å². The Morgan fingerprint density at radius 2 is 1.68 bits per heavy atom. The molecule has 1 heterocycles. The van der Waals surface area contributed by atoms with Gasteiger partial charge in [0.15, 0.2) is 0 Å². The van der Waals surface area contributed by atoms with Crippen LogP contribution >= 0.6 is 11.6 Å². The zero-order chi connectivity index (χ0) is 20.3. The predicted molar refractivity (Wildman–Crippen MR) is 111 cm³/mol. The maximum atomic E-state index is 12.3. The molecule has 0 atom stereocenters. The van der Waals surface area contributed by atoms with E-state index < -0.39 is 0 Å². The number of aromatic nitrogens is 2. The Kier molecular flexibility index (Phi) is 5.95. The number of hydrogen-bond donors (Lipinski definition) is 1. The fraction of sp³-hybridized carbons (Fsp3) is 0.227. The average molecular weight is 396 g/mol. The molecule has 1 aromatic heterocycles. The molecule has 0 fully saturated rings. The van der Waals surface area contributed by atoms with Gasteiger partial charge in [-0.15, -0.1) is 0 Å². The lowest BCUT2D eigenvalue weighted by Crippen LogP contribution is -2.33. The number of rotatable bonds is 5. The van der Waals surface area contributed by atoms with Crippen molar-refractivity contribution < 1.29 is 4.79 Å². The van der Waals surface area contributed by atoms with E-state index in [2.05, 4.69) is 29.5 Å². The van der Waals surface area contributed by atoms with Crippen molar-refractivity contribution in [2.75, 3.05) is 0 Å². The van der Waals surface area contributed by atoms with Gasteiger partial charge in [0.1, 0.15) is 6.54 Å². The first-order valence-corrected chi connectivity index (χ1v) is 9.39. The Morgan fingerprint density at radius 1 is 1.00 bits per heavy atom. The molecule has 0 unspecified atom stereocenters. The Morgan fingerprint density at radius 3 is 2.39 bits per heavy atom. The molecule has 5 nitrogen and oxygen atoms in total. The minimum atomic E-state index is -0.313. The molecule has 144 valence electrons. The standard InChI is InChI=1S/C22H22ClN3O2/c1-14-10-16(3)19(11-15(14)2)20-8-9-22(28)26(25-20)13-21(27)24-12-17-4-6-18(23)7-5-17/h4-11H,12-13H2,1-3H3,(H,24,27). The minimum absolute atomic E-state index is 0.135. The molecule has 0 saturated carbocycles. The topological polar surface area (TPSA) is 64.0 Å². The molecule has 1 N–H and O–H groups in total. The normalized spacial score (nSPS) is 10.7. The highest BCUT2D eigenvalue weighted by molar-refractivity contribution is 6.30. The van der Waals surface area contributed by atoms with Crippen LogP contribution in [0.1, 0.15) is 22.3 Å². The molecule has 2 aromatic carbocycles. The first kappa shape index (κ1) is 19.8. The minimum Gasteiger partial charge on any atom is -0.350 e. The van der Waals surface area contributed by atoms with Gasteiger partial charge in [0.05, 0.1) is 5.69 Å². The Hall–Kier alpha value is -2.92. The van der Waals surface area contributed by atoms with E-state index in [0.717, 1.165) is 22.3 Å². The smallest absolute Gasteiger partial charge is 0.267 e. The van der Waals surface area contributed by atoms with E-state index in [9.17, 15) is 9.59 Å². The summed E-state index contributed by atoms with van der Waals surface area (Å²) in [5, 5.41) is 7.85. The van der Waals surface area contributed by atoms with Crippen LogP contribution in [0, 0.1) is 20.8 Å². The van der Waals surface area contributed by atoms with Gasteiger partial charge >= 0.3 is 0 Å². The van der Waals surface area contributed by atoms with Gasteiger partial charge < -0.3 is 5.32 Å². The number of aryl methyl sites for hydroxylation is 3. The Bertz CT molecular complexity index is 1070. The third-order valence-electron chi connectivity index (χ3n) is 4.68. The lowest BCUT2D eigenvalue weighted by molar-refractivity contribution is -0.122. The summed E-state index contributed by atoms with van der Waals surface area (Å²) in [5.41, 5.74) is 5.68. The summed E-state index contributed by atoms with van der Waals surface area (Å²) in [7, 11) is 0. The van der Waals surface area contributed by atoms with Crippen LogP contribution in [0.15, 0.2) is 53.3 Å². The molecule has 0 saturated heterocycles. The van der Waals surface area contributed by atoms with Crippen LogP contribution in [0.2, 0.25) is 5.02 Å². The van der Waals surface area contributed by atoms with Gasteiger partial charge in [-0.05, 0) is 67.3 Å². The first-order valence-electron chi connectivity index (χ1n) is 9.01. The van der Waals surface area contributed by atoms with Crippen molar-refractivity contribution >= 4 is 17.5 Å². The fourth-order valence-corrected chi connectivity index (χ4v) is 3.06. The first-order chi connectivity index (χ1) is 13.3. The molecule has 28 heavy (non-hydrogen) atoms. The van der Waals surface area contributed by atoms with Crippen LogP contribution in [-0.2, 0) is 17.9 Å². The van der Waals surface area contributed by atoms with Crippen LogP contribution in [0.25, 0.3) is 11.3 Å². The van der Waals surface area contributed by atoms with Crippen LogP contribution in [-0.4, -0.2) is 15.7 Å². The summed E-state index contributed by atoms with van der Waals surface area (Å²) in [6, 6.07) is 14.5. The molecular formula is C22H22ClN3O2. The van der Waals surface area contributed by atoms with E-state index in [1.165, 1.54) is 16.3 Å². The summed E-state index contributed by atoms with van der Waals surface area (Å²) in [6.45, 7) is 6.34. The van der Waals surface area contributed by atoms with Crippen molar-refractivity contribution in [1.82, 2.24) is 15.1 Å². The maximum Gasteiger partial charge on any atom is 0.267 e. The van der Waals surface area contributed by atoms with Gasteiger partial charge in [0.25, 0.3) is 5.56 Å². The van der Waals surface area contributed by atoms with Crippen molar-refractivity contribution in [2.24, 2.45) is 0 Å². The highest BCUT2D eigenvalue weighted by atomic mass is 35.5. The van der Waals surface area contributed by atoms with Crippen molar-refractivity contribution in [3.05, 3.63) is 86.2 Å². The molecule has 3 rings (SSSR count). The number of hydrogen-bond acceptors (Lipinski definition) is 3. The summed E-state index contributed by atoms with van der Waals surface area (Å²) in [4.78, 5) is 24.4. The van der Waals surface area contributed by atoms with E-state index in [1.54, 1.807) is 18.2 Å². The Balaban J connectivity index is 1.76. The summed E-state index contributed by atoms with van der Waals surface area (Å²) in [6.07, 6.45) is 0. The second-order valence-electron chi connectivity index (χ2n) is 6.87. The largest absolute Gasteiger partial charge is 0.350 e. The van der Waals surface area contributed by atoms with E-state index in [1.807, 2.05) is 26.0 Å². The summed E-state index contributed by atoms with van der Waals surface area (Å²) >= 11 is 5.86. The third kappa shape index (κ3) is 4.67. The SMILES string of the molecule is Cc1cc(C)c(-c2ccc(=O)n(CC(=O)NCc3ccc(Cl)cc3)n2)cc1C. The van der Waals surface area contributed by atoms with Crippen molar-refractivity contribution in [3.63, 3.8) is 0 Å². The number of benzene rings is 2. The molecular weight excluding hydrogens is 374 g/mol. The van der Waals surface area contributed by atoms with Gasteiger partial charge in [0, 0.05) is 23.2 Å². The second kappa shape index (κ2) is 8.40. The van der Waals surface area contributed by atoms with Crippen LogP contribution < -0.4 is 10.9 Å². The molecule has 0 aliphatic rings. The van der Waals surface area contributed by atoms with E-state index in [-0.39, 0.29) is 18.0 Å². The third-order valence-corrected chi connectivity index (χ3v) is 4.93. The van der Waals surface area contributed by atoms with Crippen molar-refractivity contribution in [2.45, 2.75) is 33.9 Å². The molecule has 3 aromatic rings. The van der Waals surface area contributed by atoms with Crippen molar-refractivity contribution in [3.8, 4) is 11.3 Å². The molecule has 0 spiro atoms. The van der Waals surface area contributed by atoms with Gasteiger partial charge in [0.2, 0.25) is 5.91 Å². The molecule has 0 bridgehead atoms. The average Bonchev–Trinajstić information content (AvgIpc) is 2.66. The quantitative estimate of drug-likeness (QED) is 0.714. The predicted octanol–water partition coefficient (Wildman–Crippen LogP) is 3.81. The molecule has 0 aliphatic carbocycles. The van der Waals surface area contributed by atoms with Gasteiger partial charge in [-0.3, -0.25) is 9.59 Å². The number of amides is 1. The molecule has 6 heteroatoms. The van der Waals surface area contributed by atoms with Gasteiger partial charge in [-0.25, -0.2) is 4.68 Å². The number of carbonyl (C=O) groups excluding carboxylic acids is 1. The maximum absolute atomic E-state index is 12.3. The monoisotopic (exact) mass is 395 g/mol. The zero-order valence-electron chi connectivity index (χ0n) is 16.1. The van der Waals surface area contributed by atoms with E-state index >= 15 is 0 Å². The van der Waals surface area contributed by atoms with E-state index in [4.69, 9.17) is 11.6 Å². The number of nitrogens with one attached hydrogen (secondary N) is 1.